The molecule has 1 aromatic rings. The van der Waals surface area contributed by atoms with Gasteiger partial charge in [-0.2, -0.15) is 0 Å². The molecular formula is C10H12N2O5S. The van der Waals surface area contributed by atoms with Crippen molar-refractivity contribution in [1.29, 1.82) is 0 Å². The quantitative estimate of drug-likeness (QED) is 0.447. The molecule has 0 unspecified atom stereocenters. The minimum atomic E-state index is -0.670. The standard InChI is InChI=1S/C10H12N2O5S/c1-3-7(2)17-18-10-5-4-8(11(13)14)6-9(10)12(15)16/h4-7H,3H2,1-2H3/t7-/m1/s1. The third kappa shape index (κ3) is 3.67. The van der Waals surface area contributed by atoms with Crippen LogP contribution in [0.3, 0.4) is 0 Å². The van der Waals surface area contributed by atoms with Crippen molar-refractivity contribution in [2.75, 3.05) is 0 Å². The maximum Gasteiger partial charge on any atom is 0.292 e. The van der Waals surface area contributed by atoms with Crippen LogP contribution < -0.4 is 0 Å². The SMILES string of the molecule is CC[C@@H](C)OSc1ccc([N+](=O)[O-])cc1[N+](=O)[O-]. The first-order valence-corrected chi connectivity index (χ1v) is 5.96. The van der Waals surface area contributed by atoms with Crippen molar-refractivity contribution in [3.05, 3.63) is 38.4 Å². The summed E-state index contributed by atoms with van der Waals surface area (Å²) in [6.45, 7) is 3.76. The Morgan fingerprint density at radius 1 is 1.33 bits per heavy atom. The van der Waals surface area contributed by atoms with Gasteiger partial charge in [-0.15, -0.1) is 0 Å². The van der Waals surface area contributed by atoms with E-state index in [1.165, 1.54) is 12.1 Å². The molecular weight excluding hydrogens is 260 g/mol. The van der Waals surface area contributed by atoms with E-state index in [-0.39, 0.29) is 22.4 Å². The zero-order valence-electron chi connectivity index (χ0n) is 9.86. The van der Waals surface area contributed by atoms with Crippen LogP contribution in [0.15, 0.2) is 23.1 Å². The van der Waals surface area contributed by atoms with Gasteiger partial charge in [0.15, 0.2) is 0 Å². The van der Waals surface area contributed by atoms with Gasteiger partial charge in [-0.05, 0) is 19.4 Å². The highest BCUT2D eigenvalue weighted by molar-refractivity contribution is 7.94. The van der Waals surface area contributed by atoms with Gasteiger partial charge in [0.1, 0.15) is 4.90 Å². The minimum Gasteiger partial charge on any atom is -0.307 e. The van der Waals surface area contributed by atoms with Crippen LogP contribution in [0.2, 0.25) is 0 Å². The lowest BCUT2D eigenvalue weighted by atomic mass is 10.3. The summed E-state index contributed by atoms with van der Waals surface area (Å²) in [6.07, 6.45) is 0.720. The van der Waals surface area contributed by atoms with E-state index in [0.717, 1.165) is 24.5 Å². The molecule has 0 saturated heterocycles. The average Bonchev–Trinajstić information content (AvgIpc) is 2.35. The Kier molecular flexibility index (Phi) is 5.05. The Morgan fingerprint density at radius 3 is 2.50 bits per heavy atom. The van der Waals surface area contributed by atoms with Crippen LogP contribution in [0, 0.1) is 20.2 Å². The highest BCUT2D eigenvalue weighted by atomic mass is 32.2. The number of nitro benzene ring substituents is 2. The van der Waals surface area contributed by atoms with Gasteiger partial charge in [-0.3, -0.25) is 20.2 Å². The molecule has 0 N–H and O–H groups in total. The van der Waals surface area contributed by atoms with Crippen molar-refractivity contribution >= 4 is 23.4 Å². The van der Waals surface area contributed by atoms with E-state index in [2.05, 4.69) is 0 Å². The molecule has 0 aliphatic heterocycles. The number of nitro groups is 2. The van der Waals surface area contributed by atoms with Crippen molar-refractivity contribution in [3.8, 4) is 0 Å². The molecule has 1 aromatic carbocycles. The second-order valence-corrected chi connectivity index (χ2v) is 4.36. The van der Waals surface area contributed by atoms with Gasteiger partial charge in [0.25, 0.3) is 11.4 Å². The van der Waals surface area contributed by atoms with Crippen LogP contribution in [0.5, 0.6) is 0 Å². The van der Waals surface area contributed by atoms with Crippen LogP contribution in [0.25, 0.3) is 0 Å². The largest absolute Gasteiger partial charge is 0.307 e. The lowest BCUT2D eigenvalue weighted by Gasteiger charge is -2.08. The number of hydrogen-bond donors (Lipinski definition) is 0. The summed E-state index contributed by atoms with van der Waals surface area (Å²) in [6, 6.07) is 3.47. The highest BCUT2D eigenvalue weighted by Gasteiger charge is 2.20. The topological polar surface area (TPSA) is 95.5 Å². The molecule has 0 fully saturated rings. The normalized spacial score (nSPS) is 12.1. The zero-order valence-corrected chi connectivity index (χ0v) is 10.7. The summed E-state index contributed by atoms with van der Waals surface area (Å²) in [5, 5.41) is 21.4. The molecule has 18 heavy (non-hydrogen) atoms. The second-order valence-electron chi connectivity index (χ2n) is 3.56. The van der Waals surface area contributed by atoms with Gasteiger partial charge in [0.05, 0.1) is 22.0 Å². The molecule has 7 nitrogen and oxygen atoms in total. The van der Waals surface area contributed by atoms with Gasteiger partial charge in [0.2, 0.25) is 0 Å². The lowest BCUT2D eigenvalue weighted by molar-refractivity contribution is -0.396. The monoisotopic (exact) mass is 272 g/mol. The molecule has 0 saturated carbocycles. The Labute approximate surface area is 108 Å². The summed E-state index contributed by atoms with van der Waals surface area (Å²) in [4.78, 5) is 20.3. The Hall–Kier alpha value is -1.67. The molecule has 0 aromatic heterocycles. The van der Waals surface area contributed by atoms with Gasteiger partial charge < -0.3 is 4.18 Å². The second kappa shape index (κ2) is 6.31. The van der Waals surface area contributed by atoms with E-state index in [4.69, 9.17) is 4.18 Å². The van der Waals surface area contributed by atoms with Gasteiger partial charge >= 0.3 is 0 Å². The van der Waals surface area contributed by atoms with E-state index in [1.54, 1.807) is 0 Å². The molecule has 98 valence electrons. The molecule has 0 bridgehead atoms. The molecule has 8 heteroatoms. The van der Waals surface area contributed by atoms with Crippen molar-refractivity contribution in [1.82, 2.24) is 0 Å². The smallest absolute Gasteiger partial charge is 0.292 e. The third-order valence-corrected chi connectivity index (χ3v) is 3.18. The molecule has 0 spiro atoms. The van der Waals surface area contributed by atoms with E-state index >= 15 is 0 Å². The third-order valence-electron chi connectivity index (χ3n) is 2.23. The summed E-state index contributed by atoms with van der Waals surface area (Å²) >= 11 is 0.864. The average molecular weight is 272 g/mol. The maximum absolute atomic E-state index is 10.8. The van der Waals surface area contributed by atoms with Crippen LogP contribution in [-0.4, -0.2) is 16.0 Å². The van der Waals surface area contributed by atoms with Crippen molar-refractivity contribution in [2.24, 2.45) is 0 Å². The van der Waals surface area contributed by atoms with Crippen molar-refractivity contribution in [2.45, 2.75) is 31.3 Å². The van der Waals surface area contributed by atoms with Gasteiger partial charge in [0, 0.05) is 18.1 Å². The number of nitrogens with zero attached hydrogens (tertiary/aromatic N) is 2. The number of rotatable bonds is 6. The summed E-state index contributed by atoms with van der Waals surface area (Å²) < 4.78 is 5.31. The fourth-order valence-corrected chi connectivity index (χ4v) is 1.78. The summed E-state index contributed by atoms with van der Waals surface area (Å²) in [7, 11) is 0. The van der Waals surface area contributed by atoms with Crippen LogP contribution in [0.4, 0.5) is 11.4 Å². The minimum absolute atomic E-state index is 0.0511. The first-order chi connectivity index (χ1) is 8.45. The molecule has 0 amide bonds. The van der Waals surface area contributed by atoms with E-state index in [0.29, 0.717) is 0 Å². The molecule has 0 aliphatic carbocycles. The van der Waals surface area contributed by atoms with Crippen molar-refractivity contribution in [3.63, 3.8) is 0 Å². The molecule has 0 heterocycles. The summed E-state index contributed by atoms with van der Waals surface area (Å²) in [5.41, 5.74) is -0.632. The Bertz CT molecular complexity index is 466. The number of hydrogen-bond acceptors (Lipinski definition) is 6. The molecule has 0 radical (unpaired) electrons. The predicted molar refractivity (Wildman–Crippen MR) is 66.4 cm³/mol. The fourth-order valence-electron chi connectivity index (χ4n) is 1.03. The Morgan fingerprint density at radius 2 is 2.00 bits per heavy atom. The molecule has 1 atom stereocenters. The van der Waals surface area contributed by atoms with Crippen LogP contribution >= 0.6 is 12.0 Å². The number of benzene rings is 1. The van der Waals surface area contributed by atoms with Gasteiger partial charge in [-0.25, -0.2) is 0 Å². The van der Waals surface area contributed by atoms with Gasteiger partial charge in [-0.1, -0.05) is 6.92 Å². The first kappa shape index (κ1) is 14.4. The Balaban J connectivity index is 2.97. The summed E-state index contributed by atoms with van der Waals surface area (Å²) in [5.74, 6) is 0. The molecule has 0 aliphatic rings. The number of non-ortho nitro benzene ring substituents is 1. The fraction of sp³-hybridized carbons (Fsp3) is 0.400. The van der Waals surface area contributed by atoms with E-state index < -0.39 is 9.85 Å². The first-order valence-electron chi connectivity index (χ1n) is 5.21. The van der Waals surface area contributed by atoms with Crippen LogP contribution in [0.1, 0.15) is 20.3 Å². The lowest BCUT2D eigenvalue weighted by Crippen LogP contribution is -2.01. The zero-order chi connectivity index (χ0) is 13.7. The van der Waals surface area contributed by atoms with Crippen molar-refractivity contribution < 1.29 is 14.0 Å². The predicted octanol–water partition coefficient (Wildman–Crippen LogP) is 3.33. The maximum atomic E-state index is 10.8. The molecule has 1 rings (SSSR count). The van der Waals surface area contributed by atoms with E-state index in [1.807, 2.05) is 13.8 Å². The highest BCUT2D eigenvalue weighted by Crippen LogP contribution is 2.33. The van der Waals surface area contributed by atoms with Crippen LogP contribution in [-0.2, 0) is 4.18 Å². The van der Waals surface area contributed by atoms with E-state index in [9.17, 15) is 20.2 Å².